The maximum atomic E-state index is 11.6. The molecule has 2 rings (SSSR count). The molecule has 1 aromatic heterocycles. The third-order valence-electron chi connectivity index (χ3n) is 2.97. The predicted octanol–water partition coefficient (Wildman–Crippen LogP) is 3.11. The number of unbranched alkanes of at least 4 members (excludes halogenated alkanes) is 1. The SMILES string of the molecule is CCCCC(=O)Nc1cc(-c2cccc([N+](=O)[O-])c2)[nH]n1. The van der Waals surface area contributed by atoms with Gasteiger partial charge in [-0.2, -0.15) is 5.10 Å². The lowest BCUT2D eigenvalue weighted by atomic mass is 10.1. The molecule has 7 heteroatoms. The summed E-state index contributed by atoms with van der Waals surface area (Å²) in [6.45, 7) is 2.02. The molecule has 21 heavy (non-hydrogen) atoms. The lowest BCUT2D eigenvalue weighted by molar-refractivity contribution is -0.384. The number of anilines is 1. The minimum absolute atomic E-state index is 0.00984. The molecule has 2 N–H and O–H groups in total. The van der Waals surface area contributed by atoms with Gasteiger partial charge < -0.3 is 5.32 Å². The van der Waals surface area contributed by atoms with Crippen LogP contribution in [0.4, 0.5) is 11.5 Å². The first kappa shape index (κ1) is 14.7. The van der Waals surface area contributed by atoms with E-state index in [1.807, 2.05) is 6.92 Å². The van der Waals surface area contributed by atoms with Gasteiger partial charge in [-0.1, -0.05) is 25.5 Å². The van der Waals surface area contributed by atoms with Crippen LogP contribution in [0.15, 0.2) is 30.3 Å². The summed E-state index contributed by atoms with van der Waals surface area (Å²) in [6.07, 6.45) is 2.23. The van der Waals surface area contributed by atoms with Crippen LogP contribution in [0.25, 0.3) is 11.3 Å². The van der Waals surface area contributed by atoms with Crippen LogP contribution in [-0.4, -0.2) is 21.0 Å². The molecular formula is C14H16N4O3. The smallest absolute Gasteiger partial charge is 0.270 e. The molecule has 0 atom stereocenters. The van der Waals surface area contributed by atoms with Crippen LogP contribution >= 0.6 is 0 Å². The maximum Gasteiger partial charge on any atom is 0.270 e. The lowest BCUT2D eigenvalue weighted by Gasteiger charge is -1.99. The van der Waals surface area contributed by atoms with Gasteiger partial charge in [0.05, 0.1) is 10.6 Å². The number of carbonyl (C=O) groups is 1. The van der Waals surface area contributed by atoms with E-state index in [2.05, 4.69) is 15.5 Å². The van der Waals surface area contributed by atoms with Crippen molar-refractivity contribution in [2.24, 2.45) is 0 Å². The fraction of sp³-hybridized carbons (Fsp3) is 0.286. The molecule has 110 valence electrons. The molecule has 0 saturated carbocycles. The Balaban J connectivity index is 2.11. The summed E-state index contributed by atoms with van der Waals surface area (Å²) in [7, 11) is 0. The lowest BCUT2D eigenvalue weighted by Crippen LogP contribution is -2.11. The molecule has 0 spiro atoms. The average molecular weight is 288 g/mol. The normalized spacial score (nSPS) is 10.3. The Morgan fingerprint density at radius 1 is 1.43 bits per heavy atom. The van der Waals surface area contributed by atoms with Crippen molar-refractivity contribution in [3.8, 4) is 11.3 Å². The van der Waals surface area contributed by atoms with E-state index < -0.39 is 4.92 Å². The summed E-state index contributed by atoms with van der Waals surface area (Å²) in [4.78, 5) is 21.9. The molecule has 0 aliphatic heterocycles. The van der Waals surface area contributed by atoms with E-state index in [1.165, 1.54) is 12.1 Å². The van der Waals surface area contributed by atoms with Crippen LogP contribution in [-0.2, 0) is 4.79 Å². The second-order valence-corrected chi connectivity index (χ2v) is 4.63. The van der Waals surface area contributed by atoms with Crippen molar-refractivity contribution >= 4 is 17.4 Å². The number of aromatic amines is 1. The van der Waals surface area contributed by atoms with Crippen LogP contribution in [0.2, 0.25) is 0 Å². The quantitative estimate of drug-likeness (QED) is 0.629. The fourth-order valence-electron chi connectivity index (χ4n) is 1.86. The Morgan fingerprint density at radius 3 is 2.95 bits per heavy atom. The fourth-order valence-corrected chi connectivity index (χ4v) is 1.86. The third-order valence-corrected chi connectivity index (χ3v) is 2.97. The van der Waals surface area contributed by atoms with E-state index in [9.17, 15) is 14.9 Å². The third kappa shape index (κ3) is 3.88. The first-order valence-electron chi connectivity index (χ1n) is 6.70. The van der Waals surface area contributed by atoms with E-state index in [0.717, 1.165) is 12.8 Å². The van der Waals surface area contributed by atoms with Gasteiger partial charge in [0.1, 0.15) is 0 Å². The molecule has 2 aromatic rings. The zero-order chi connectivity index (χ0) is 15.2. The van der Waals surface area contributed by atoms with Gasteiger partial charge >= 0.3 is 0 Å². The summed E-state index contributed by atoms with van der Waals surface area (Å²) in [5.74, 6) is 0.326. The van der Waals surface area contributed by atoms with Crippen LogP contribution in [0.5, 0.6) is 0 Å². The van der Waals surface area contributed by atoms with E-state index in [-0.39, 0.29) is 11.6 Å². The van der Waals surface area contributed by atoms with Crippen LogP contribution in [0.1, 0.15) is 26.2 Å². The zero-order valence-electron chi connectivity index (χ0n) is 11.6. The minimum atomic E-state index is -0.451. The summed E-state index contributed by atoms with van der Waals surface area (Å²) in [6, 6.07) is 7.88. The van der Waals surface area contributed by atoms with Gasteiger partial charge in [-0.3, -0.25) is 20.0 Å². The van der Waals surface area contributed by atoms with Crippen molar-refractivity contribution in [1.82, 2.24) is 10.2 Å². The number of hydrogen-bond donors (Lipinski definition) is 2. The molecular weight excluding hydrogens is 272 g/mol. The Hall–Kier alpha value is -2.70. The monoisotopic (exact) mass is 288 g/mol. The van der Waals surface area contributed by atoms with Crippen molar-refractivity contribution in [3.05, 3.63) is 40.4 Å². The van der Waals surface area contributed by atoms with E-state index in [0.29, 0.717) is 23.5 Å². The number of aromatic nitrogens is 2. The highest BCUT2D eigenvalue weighted by molar-refractivity contribution is 5.90. The van der Waals surface area contributed by atoms with Gasteiger partial charge in [-0.05, 0) is 6.42 Å². The number of nitro benzene ring substituents is 1. The van der Waals surface area contributed by atoms with Gasteiger partial charge in [-0.15, -0.1) is 0 Å². The predicted molar refractivity (Wildman–Crippen MR) is 78.8 cm³/mol. The molecule has 0 fully saturated rings. The number of H-pyrrole nitrogens is 1. The number of nitrogens with zero attached hydrogens (tertiary/aromatic N) is 2. The molecule has 1 amide bonds. The molecule has 0 aliphatic carbocycles. The molecule has 0 bridgehead atoms. The highest BCUT2D eigenvalue weighted by Crippen LogP contribution is 2.23. The first-order valence-corrected chi connectivity index (χ1v) is 6.70. The Kier molecular flexibility index (Phi) is 4.65. The number of benzene rings is 1. The minimum Gasteiger partial charge on any atom is -0.309 e. The Morgan fingerprint density at radius 2 is 2.24 bits per heavy atom. The van der Waals surface area contributed by atoms with E-state index in [1.54, 1.807) is 18.2 Å². The van der Waals surface area contributed by atoms with E-state index in [4.69, 9.17) is 0 Å². The molecule has 1 aromatic carbocycles. The Labute approximate surface area is 121 Å². The van der Waals surface area contributed by atoms with Crippen molar-refractivity contribution in [2.75, 3.05) is 5.32 Å². The van der Waals surface area contributed by atoms with Gasteiger partial charge in [0, 0.05) is 30.2 Å². The van der Waals surface area contributed by atoms with Crippen molar-refractivity contribution < 1.29 is 9.72 Å². The summed E-state index contributed by atoms with van der Waals surface area (Å²) in [5.41, 5.74) is 1.27. The molecule has 0 radical (unpaired) electrons. The average Bonchev–Trinajstić information content (AvgIpc) is 2.93. The van der Waals surface area contributed by atoms with Crippen molar-refractivity contribution in [3.63, 3.8) is 0 Å². The summed E-state index contributed by atoms with van der Waals surface area (Å²) >= 11 is 0. The van der Waals surface area contributed by atoms with Gasteiger partial charge in [0.2, 0.25) is 5.91 Å². The number of rotatable bonds is 6. The molecule has 0 unspecified atom stereocenters. The standard InChI is InChI=1S/C14H16N4O3/c1-2-3-7-14(19)15-13-9-12(16-17-13)10-5-4-6-11(8-10)18(20)21/h4-6,8-9H,2-3,7H2,1H3,(H2,15,16,17,19). The molecule has 0 aliphatic rings. The number of hydrogen-bond acceptors (Lipinski definition) is 4. The van der Waals surface area contributed by atoms with Crippen molar-refractivity contribution in [1.29, 1.82) is 0 Å². The van der Waals surface area contributed by atoms with Crippen LogP contribution < -0.4 is 5.32 Å². The maximum absolute atomic E-state index is 11.6. The van der Waals surface area contributed by atoms with Crippen LogP contribution in [0, 0.1) is 10.1 Å². The summed E-state index contributed by atoms with van der Waals surface area (Å²) < 4.78 is 0. The Bertz CT molecular complexity index is 651. The highest BCUT2D eigenvalue weighted by atomic mass is 16.6. The number of amides is 1. The zero-order valence-corrected chi connectivity index (χ0v) is 11.6. The number of nitro groups is 1. The highest BCUT2D eigenvalue weighted by Gasteiger charge is 2.10. The number of non-ortho nitro benzene ring substituents is 1. The molecule has 7 nitrogen and oxygen atoms in total. The largest absolute Gasteiger partial charge is 0.309 e. The van der Waals surface area contributed by atoms with Gasteiger partial charge in [-0.25, -0.2) is 0 Å². The first-order chi connectivity index (χ1) is 10.1. The number of nitrogens with one attached hydrogen (secondary N) is 2. The second kappa shape index (κ2) is 6.65. The molecule has 1 heterocycles. The van der Waals surface area contributed by atoms with Gasteiger partial charge in [0.15, 0.2) is 5.82 Å². The topological polar surface area (TPSA) is 101 Å². The van der Waals surface area contributed by atoms with E-state index >= 15 is 0 Å². The molecule has 0 saturated heterocycles. The van der Waals surface area contributed by atoms with Gasteiger partial charge in [0.25, 0.3) is 5.69 Å². The number of carbonyl (C=O) groups excluding carboxylic acids is 1. The van der Waals surface area contributed by atoms with Crippen LogP contribution in [0.3, 0.4) is 0 Å². The summed E-state index contributed by atoms with van der Waals surface area (Å²) in [5, 5.41) is 20.2. The second-order valence-electron chi connectivity index (χ2n) is 4.63. The van der Waals surface area contributed by atoms with Crippen molar-refractivity contribution in [2.45, 2.75) is 26.2 Å².